The molecular formula is C19H19N3O. The summed E-state index contributed by atoms with van der Waals surface area (Å²) in [4.78, 5) is 13.7. The van der Waals surface area contributed by atoms with Gasteiger partial charge in [0.25, 0.3) is 0 Å². The third-order valence-electron chi connectivity index (χ3n) is 4.04. The van der Waals surface area contributed by atoms with Gasteiger partial charge in [-0.15, -0.1) is 0 Å². The summed E-state index contributed by atoms with van der Waals surface area (Å²) < 4.78 is 0. The number of hydrogen-bond acceptors (Lipinski definition) is 3. The van der Waals surface area contributed by atoms with Crippen molar-refractivity contribution in [3.8, 4) is 6.07 Å². The van der Waals surface area contributed by atoms with Gasteiger partial charge in [-0.2, -0.15) is 5.26 Å². The van der Waals surface area contributed by atoms with Crippen LogP contribution < -0.4 is 10.2 Å². The number of nitrogens with zero attached hydrogens (tertiary/aromatic N) is 2. The Hall–Kier alpha value is -2.64. The number of benzene rings is 2. The Morgan fingerprint density at radius 1 is 1.09 bits per heavy atom. The number of carbonyl (C=O) groups is 1. The third-order valence-corrected chi connectivity index (χ3v) is 4.04. The molecule has 3 rings (SSSR count). The van der Waals surface area contributed by atoms with E-state index in [1.807, 2.05) is 41.3 Å². The molecule has 1 amide bonds. The highest BCUT2D eigenvalue weighted by Gasteiger charge is 2.21. The maximum absolute atomic E-state index is 11.8. The maximum atomic E-state index is 11.8. The van der Waals surface area contributed by atoms with Crippen molar-refractivity contribution in [2.24, 2.45) is 0 Å². The van der Waals surface area contributed by atoms with E-state index in [0.717, 1.165) is 42.9 Å². The molecule has 0 atom stereocenters. The molecule has 4 nitrogen and oxygen atoms in total. The molecule has 2 aromatic rings. The Labute approximate surface area is 136 Å². The van der Waals surface area contributed by atoms with E-state index < -0.39 is 0 Å². The molecule has 4 heteroatoms. The first kappa shape index (κ1) is 15.3. The molecule has 1 aliphatic heterocycles. The fraction of sp³-hybridized carbons (Fsp3) is 0.263. The van der Waals surface area contributed by atoms with Gasteiger partial charge in [-0.05, 0) is 41.8 Å². The second-order valence-electron chi connectivity index (χ2n) is 5.73. The van der Waals surface area contributed by atoms with Crippen LogP contribution in [0.25, 0.3) is 0 Å². The molecule has 23 heavy (non-hydrogen) atoms. The fourth-order valence-electron chi connectivity index (χ4n) is 2.80. The Kier molecular flexibility index (Phi) is 4.70. The van der Waals surface area contributed by atoms with Gasteiger partial charge < -0.3 is 10.2 Å². The largest absolute Gasteiger partial charge is 0.312 e. The van der Waals surface area contributed by atoms with Crippen LogP contribution in [-0.2, 0) is 17.9 Å². The molecule has 1 saturated heterocycles. The van der Waals surface area contributed by atoms with Gasteiger partial charge in [-0.3, -0.25) is 4.79 Å². The predicted molar refractivity (Wildman–Crippen MR) is 89.7 cm³/mol. The van der Waals surface area contributed by atoms with Crippen LogP contribution in [0.3, 0.4) is 0 Å². The smallest absolute Gasteiger partial charge is 0.227 e. The van der Waals surface area contributed by atoms with E-state index in [2.05, 4.69) is 23.5 Å². The Balaban J connectivity index is 1.58. The van der Waals surface area contributed by atoms with Crippen LogP contribution in [0.15, 0.2) is 48.5 Å². The van der Waals surface area contributed by atoms with Crippen LogP contribution in [0.5, 0.6) is 0 Å². The molecule has 1 aliphatic rings. The van der Waals surface area contributed by atoms with Gasteiger partial charge in [0.1, 0.15) is 0 Å². The average molecular weight is 305 g/mol. The number of hydrogen-bond donors (Lipinski definition) is 1. The summed E-state index contributed by atoms with van der Waals surface area (Å²) in [6.07, 6.45) is 1.60. The molecule has 0 spiro atoms. The van der Waals surface area contributed by atoms with Gasteiger partial charge >= 0.3 is 0 Å². The molecule has 2 aromatic carbocycles. The van der Waals surface area contributed by atoms with Crippen LogP contribution in [0, 0.1) is 11.3 Å². The molecule has 0 bridgehead atoms. The molecular weight excluding hydrogens is 286 g/mol. The van der Waals surface area contributed by atoms with Crippen molar-refractivity contribution in [1.82, 2.24) is 5.32 Å². The monoisotopic (exact) mass is 305 g/mol. The van der Waals surface area contributed by atoms with Crippen molar-refractivity contribution < 1.29 is 4.79 Å². The maximum Gasteiger partial charge on any atom is 0.227 e. The zero-order valence-electron chi connectivity index (χ0n) is 13.0. The van der Waals surface area contributed by atoms with E-state index in [-0.39, 0.29) is 5.91 Å². The van der Waals surface area contributed by atoms with Crippen LogP contribution in [0.2, 0.25) is 0 Å². The minimum absolute atomic E-state index is 0.215. The van der Waals surface area contributed by atoms with Crippen LogP contribution in [-0.4, -0.2) is 12.5 Å². The summed E-state index contributed by atoms with van der Waals surface area (Å²) >= 11 is 0. The molecule has 1 heterocycles. The summed E-state index contributed by atoms with van der Waals surface area (Å²) in [6, 6.07) is 17.8. The fourth-order valence-corrected chi connectivity index (χ4v) is 2.80. The second-order valence-corrected chi connectivity index (χ2v) is 5.73. The number of nitriles is 1. The normalized spacial score (nSPS) is 14.0. The SMILES string of the molecule is N#Cc1ccc(CNCc2cccc(N3CCCC3=O)c2)cc1. The summed E-state index contributed by atoms with van der Waals surface area (Å²) in [7, 11) is 0. The van der Waals surface area contributed by atoms with Crippen molar-refractivity contribution in [2.45, 2.75) is 25.9 Å². The van der Waals surface area contributed by atoms with Gasteiger partial charge in [0.2, 0.25) is 5.91 Å². The number of rotatable bonds is 5. The lowest BCUT2D eigenvalue weighted by Gasteiger charge is -2.16. The van der Waals surface area contributed by atoms with E-state index in [4.69, 9.17) is 5.26 Å². The van der Waals surface area contributed by atoms with Gasteiger partial charge in [0.15, 0.2) is 0 Å². The number of amides is 1. The van der Waals surface area contributed by atoms with Gasteiger partial charge in [0.05, 0.1) is 11.6 Å². The van der Waals surface area contributed by atoms with E-state index >= 15 is 0 Å². The minimum atomic E-state index is 0.215. The molecule has 116 valence electrons. The molecule has 0 radical (unpaired) electrons. The van der Waals surface area contributed by atoms with Crippen molar-refractivity contribution in [1.29, 1.82) is 5.26 Å². The molecule has 0 saturated carbocycles. The quantitative estimate of drug-likeness (QED) is 0.924. The highest BCUT2D eigenvalue weighted by molar-refractivity contribution is 5.95. The lowest BCUT2D eigenvalue weighted by molar-refractivity contribution is -0.117. The zero-order chi connectivity index (χ0) is 16.1. The molecule has 0 aromatic heterocycles. The first-order valence-electron chi connectivity index (χ1n) is 7.85. The predicted octanol–water partition coefficient (Wildman–Crippen LogP) is 2.97. The number of nitrogens with one attached hydrogen (secondary N) is 1. The Bertz CT molecular complexity index is 731. The lowest BCUT2D eigenvalue weighted by Crippen LogP contribution is -2.23. The first-order valence-corrected chi connectivity index (χ1v) is 7.85. The van der Waals surface area contributed by atoms with Gasteiger partial charge in [-0.1, -0.05) is 24.3 Å². The first-order chi connectivity index (χ1) is 11.3. The van der Waals surface area contributed by atoms with Gasteiger partial charge in [-0.25, -0.2) is 0 Å². The van der Waals surface area contributed by atoms with Crippen LogP contribution in [0.1, 0.15) is 29.5 Å². The summed E-state index contributed by atoms with van der Waals surface area (Å²) in [5.74, 6) is 0.215. The topological polar surface area (TPSA) is 56.1 Å². The number of anilines is 1. The molecule has 0 unspecified atom stereocenters. The minimum Gasteiger partial charge on any atom is -0.312 e. The Morgan fingerprint density at radius 2 is 1.87 bits per heavy atom. The highest BCUT2D eigenvalue weighted by Crippen LogP contribution is 2.22. The van der Waals surface area contributed by atoms with E-state index in [1.165, 1.54) is 0 Å². The summed E-state index contributed by atoms with van der Waals surface area (Å²) in [6.45, 7) is 2.31. The van der Waals surface area contributed by atoms with Gasteiger partial charge in [0, 0.05) is 31.7 Å². The summed E-state index contributed by atoms with van der Waals surface area (Å²) in [5.41, 5.74) is 3.98. The summed E-state index contributed by atoms with van der Waals surface area (Å²) in [5, 5.41) is 12.2. The van der Waals surface area contributed by atoms with Crippen molar-refractivity contribution in [2.75, 3.05) is 11.4 Å². The van der Waals surface area contributed by atoms with Crippen molar-refractivity contribution in [3.63, 3.8) is 0 Å². The number of carbonyl (C=O) groups excluding carboxylic acids is 1. The van der Waals surface area contributed by atoms with E-state index in [1.54, 1.807) is 0 Å². The zero-order valence-corrected chi connectivity index (χ0v) is 13.0. The van der Waals surface area contributed by atoms with E-state index in [0.29, 0.717) is 12.0 Å². The molecule has 1 N–H and O–H groups in total. The average Bonchev–Trinajstić information content (AvgIpc) is 3.02. The third kappa shape index (κ3) is 3.77. The molecule has 1 fully saturated rings. The van der Waals surface area contributed by atoms with Crippen LogP contribution >= 0.6 is 0 Å². The van der Waals surface area contributed by atoms with Crippen molar-refractivity contribution in [3.05, 3.63) is 65.2 Å². The van der Waals surface area contributed by atoms with Crippen molar-refractivity contribution >= 4 is 11.6 Å². The molecule has 0 aliphatic carbocycles. The second kappa shape index (κ2) is 7.08. The Morgan fingerprint density at radius 3 is 2.57 bits per heavy atom. The van der Waals surface area contributed by atoms with Crippen LogP contribution in [0.4, 0.5) is 5.69 Å². The lowest BCUT2D eigenvalue weighted by atomic mass is 10.1. The van der Waals surface area contributed by atoms with E-state index in [9.17, 15) is 4.79 Å². The highest BCUT2D eigenvalue weighted by atomic mass is 16.2. The standard InChI is InChI=1S/C19H19N3O/c20-12-15-6-8-16(9-7-15)13-21-14-17-3-1-4-18(11-17)22-10-2-5-19(22)23/h1,3-4,6-9,11,21H,2,5,10,13-14H2.